The minimum atomic E-state index is -3.11. The lowest BCUT2D eigenvalue weighted by molar-refractivity contribution is -0.126. The second-order valence-corrected chi connectivity index (χ2v) is 11.7. The highest BCUT2D eigenvalue weighted by molar-refractivity contribution is 7.93. The van der Waals surface area contributed by atoms with Crippen LogP contribution in [0.15, 0.2) is 28.8 Å². The number of ether oxygens (including phenoxy) is 1. The second kappa shape index (κ2) is 9.24. The van der Waals surface area contributed by atoms with E-state index < -0.39 is 33.7 Å². The van der Waals surface area contributed by atoms with E-state index in [1.54, 1.807) is 6.92 Å². The summed E-state index contributed by atoms with van der Waals surface area (Å²) in [5.74, 6) is -1.72. The maximum absolute atomic E-state index is 14.6. The van der Waals surface area contributed by atoms with Crippen LogP contribution in [-0.2, 0) is 14.6 Å². The van der Waals surface area contributed by atoms with Crippen molar-refractivity contribution >= 4 is 27.2 Å². The zero-order valence-electron chi connectivity index (χ0n) is 18.8. The Kier molecular flexibility index (Phi) is 6.67. The van der Waals surface area contributed by atoms with E-state index in [0.29, 0.717) is 24.1 Å². The van der Waals surface area contributed by atoms with Gasteiger partial charge in [-0.25, -0.2) is 12.8 Å². The van der Waals surface area contributed by atoms with Crippen molar-refractivity contribution < 1.29 is 31.1 Å². The molecule has 0 radical (unpaired) electrons. The quantitative estimate of drug-likeness (QED) is 0.625. The number of nitrogens with zero attached hydrogens (tertiary/aromatic N) is 1. The van der Waals surface area contributed by atoms with Crippen molar-refractivity contribution in [2.45, 2.75) is 63.6 Å². The minimum Gasteiger partial charge on any atom is -0.435 e. The molecule has 1 heterocycles. The molecule has 2 saturated carbocycles. The molecule has 2 aliphatic carbocycles. The number of nitrogens with one attached hydrogen (secondary N) is 1. The number of rotatable bonds is 6. The molecule has 1 aromatic carbocycles. The van der Waals surface area contributed by atoms with Gasteiger partial charge in [0.1, 0.15) is 11.6 Å². The van der Waals surface area contributed by atoms with Crippen molar-refractivity contribution in [2.24, 2.45) is 16.6 Å². The summed E-state index contributed by atoms with van der Waals surface area (Å²) in [5, 5.41) is 2.86. The summed E-state index contributed by atoms with van der Waals surface area (Å²) in [6, 6.07) is 3.37. The first-order valence-corrected chi connectivity index (χ1v) is 13.1. The number of alkyl halides is 2. The summed E-state index contributed by atoms with van der Waals surface area (Å²) in [5.41, 5.74) is 6.80. The van der Waals surface area contributed by atoms with Crippen molar-refractivity contribution in [2.75, 3.05) is 11.5 Å². The SMILES string of the molecule is CC1(NC(=O)[C@@H]2CC/C(=C(/N)c3cc(OC(F)F)ccc3F)C(=NC3CCC3)C2)CS(=O)(=O)C1. The van der Waals surface area contributed by atoms with E-state index in [2.05, 4.69) is 10.1 Å². The van der Waals surface area contributed by atoms with Gasteiger partial charge < -0.3 is 15.8 Å². The molecule has 1 aliphatic heterocycles. The summed E-state index contributed by atoms with van der Waals surface area (Å²) in [7, 11) is -3.11. The molecule has 0 bridgehead atoms. The van der Waals surface area contributed by atoms with Gasteiger partial charge in [-0.15, -0.1) is 0 Å². The maximum atomic E-state index is 14.6. The van der Waals surface area contributed by atoms with Gasteiger partial charge in [-0.05, 0) is 62.8 Å². The zero-order valence-corrected chi connectivity index (χ0v) is 19.6. The molecule has 1 aromatic rings. The number of carbonyl (C=O) groups is 1. The summed E-state index contributed by atoms with van der Waals surface area (Å²) >= 11 is 0. The number of benzene rings is 1. The van der Waals surface area contributed by atoms with Crippen LogP contribution in [0.4, 0.5) is 13.2 Å². The summed E-state index contributed by atoms with van der Waals surface area (Å²) in [6.45, 7) is -1.34. The topological polar surface area (TPSA) is 111 Å². The Bertz CT molecular complexity index is 1130. The molecule has 7 nitrogen and oxygen atoms in total. The lowest BCUT2D eigenvalue weighted by atomic mass is 9.81. The van der Waals surface area contributed by atoms with Gasteiger partial charge in [0, 0.05) is 29.3 Å². The number of nitrogens with two attached hydrogens (primary N) is 1. The average molecular weight is 500 g/mol. The van der Waals surface area contributed by atoms with Gasteiger partial charge in [0.25, 0.3) is 0 Å². The van der Waals surface area contributed by atoms with Crippen LogP contribution in [0.1, 0.15) is 51.0 Å². The third-order valence-electron chi connectivity index (χ3n) is 6.60. The van der Waals surface area contributed by atoms with Crippen LogP contribution in [-0.4, -0.2) is 49.7 Å². The number of aliphatic imine (C=N–C) groups is 1. The number of allylic oxidation sites excluding steroid dienone is 1. The van der Waals surface area contributed by atoms with Gasteiger partial charge >= 0.3 is 6.61 Å². The Balaban J connectivity index is 1.58. The van der Waals surface area contributed by atoms with E-state index >= 15 is 0 Å². The normalized spacial score (nSPS) is 26.5. The van der Waals surface area contributed by atoms with Gasteiger partial charge in [0.15, 0.2) is 9.84 Å². The molecule has 0 aromatic heterocycles. The molecule has 4 rings (SSSR count). The van der Waals surface area contributed by atoms with Gasteiger partial charge in [-0.1, -0.05) is 0 Å². The second-order valence-electron chi connectivity index (χ2n) is 9.59. The number of halogens is 3. The van der Waals surface area contributed by atoms with Crippen LogP contribution in [0, 0.1) is 11.7 Å². The van der Waals surface area contributed by atoms with E-state index in [9.17, 15) is 26.4 Å². The van der Waals surface area contributed by atoms with E-state index in [1.807, 2.05) is 0 Å². The first-order chi connectivity index (χ1) is 15.9. The monoisotopic (exact) mass is 499 g/mol. The number of sulfone groups is 1. The van der Waals surface area contributed by atoms with Crippen molar-refractivity contribution in [3.05, 3.63) is 35.2 Å². The number of hydrogen-bond acceptors (Lipinski definition) is 6. The fourth-order valence-corrected chi connectivity index (χ4v) is 6.75. The predicted molar refractivity (Wildman–Crippen MR) is 122 cm³/mol. The molecular weight excluding hydrogens is 471 g/mol. The Morgan fingerprint density at radius 3 is 2.56 bits per heavy atom. The fourth-order valence-electron chi connectivity index (χ4n) is 4.75. The first-order valence-electron chi connectivity index (χ1n) is 11.3. The molecule has 11 heteroatoms. The largest absolute Gasteiger partial charge is 0.435 e. The van der Waals surface area contributed by atoms with Gasteiger partial charge in [-0.3, -0.25) is 9.79 Å². The molecule has 0 spiro atoms. The standard InChI is InChI=1S/C23H28F3N3O4S/c1-23(11-34(31,32)12-23)29-21(30)13-5-7-16(19(9-13)28-14-3-2-4-14)20(27)17-10-15(33-22(25)26)6-8-18(17)24/h6,8,10,13-14,22H,2-5,7,9,11-12,27H2,1H3,(H,29,30)/b20-16-,28-19?/t13-/m1/s1. The number of hydrogen-bond donors (Lipinski definition) is 2. The van der Waals surface area contributed by atoms with Crippen molar-refractivity contribution in [3.63, 3.8) is 0 Å². The van der Waals surface area contributed by atoms with Crippen LogP contribution in [0.5, 0.6) is 5.75 Å². The molecule has 0 unspecified atom stereocenters. The molecule has 3 fully saturated rings. The van der Waals surface area contributed by atoms with Crippen molar-refractivity contribution in [1.82, 2.24) is 5.32 Å². The smallest absolute Gasteiger partial charge is 0.387 e. The maximum Gasteiger partial charge on any atom is 0.387 e. The van der Waals surface area contributed by atoms with Crippen LogP contribution >= 0.6 is 0 Å². The first kappa shape index (κ1) is 24.6. The third-order valence-corrected chi connectivity index (χ3v) is 8.75. The lowest BCUT2D eigenvalue weighted by Crippen LogP contribution is -2.64. The van der Waals surface area contributed by atoms with E-state index in [-0.39, 0.29) is 46.9 Å². The Hall–Kier alpha value is -2.56. The highest BCUT2D eigenvalue weighted by atomic mass is 32.2. The summed E-state index contributed by atoms with van der Waals surface area (Å²) in [4.78, 5) is 17.7. The van der Waals surface area contributed by atoms with Crippen molar-refractivity contribution in [3.8, 4) is 5.75 Å². The number of carbonyl (C=O) groups excluding carboxylic acids is 1. The van der Waals surface area contributed by atoms with Gasteiger partial charge in [0.05, 0.1) is 23.1 Å². The van der Waals surface area contributed by atoms with Crippen LogP contribution in [0.3, 0.4) is 0 Å². The Labute approximate surface area is 196 Å². The molecule has 3 aliphatic rings. The molecule has 1 saturated heterocycles. The summed E-state index contributed by atoms with van der Waals surface area (Å²) < 4.78 is 67.3. The van der Waals surface area contributed by atoms with E-state index in [4.69, 9.17) is 10.7 Å². The molecule has 3 N–H and O–H groups in total. The molecule has 1 atom stereocenters. The molecular formula is C23H28F3N3O4S. The highest BCUT2D eigenvalue weighted by Crippen LogP contribution is 2.35. The minimum absolute atomic E-state index is 0.0513. The zero-order chi connectivity index (χ0) is 24.7. The number of amides is 1. The van der Waals surface area contributed by atoms with E-state index in [0.717, 1.165) is 37.5 Å². The third kappa shape index (κ3) is 5.39. The lowest BCUT2D eigenvalue weighted by Gasteiger charge is -2.40. The van der Waals surface area contributed by atoms with Gasteiger partial charge in [-0.2, -0.15) is 8.78 Å². The molecule has 186 valence electrons. The van der Waals surface area contributed by atoms with Crippen LogP contribution in [0.2, 0.25) is 0 Å². The van der Waals surface area contributed by atoms with Gasteiger partial charge in [0.2, 0.25) is 5.91 Å². The Morgan fingerprint density at radius 2 is 1.97 bits per heavy atom. The van der Waals surface area contributed by atoms with Crippen LogP contribution < -0.4 is 15.8 Å². The van der Waals surface area contributed by atoms with Crippen molar-refractivity contribution in [1.29, 1.82) is 0 Å². The van der Waals surface area contributed by atoms with E-state index in [1.165, 1.54) is 0 Å². The fraction of sp³-hybridized carbons (Fsp3) is 0.565. The van der Waals surface area contributed by atoms with Crippen LogP contribution in [0.25, 0.3) is 5.70 Å². The highest BCUT2D eigenvalue weighted by Gasteiger charge is 2.46. The molecule has 34 heavy (non-hydrogen) atoms. The summed E-state index contributed by atoms with van der Waals surface area (Å²) in [6.07, 6.45) is 3.93. The average Bonchev–Trinajstić information content (AvgIpc) is 2.69. The molecule has 1 amide bonds. The Morgan fingerprint density at radius 1 is 1.26 bits per heavy atom. The predicted octanol–water partition coefficient (Wildman–Crippen LogP) is 3.19.